The van der Waals surface area contributed by atoms with Gasteiger partial charge in [-0.25, -0.2) is 4.98 Å². The van der Waals surface area contributed by atoms with Crippen molar-refractivity contribution in [2.45, 2.75) is 38.6 Å². The Morgan fingerprint density at radius 2 is 1.85 bits per heavy atom. The van der Waals surface area contributed by atoms with E-state index in [9.17, 15) is 9.59 Å². The highest BCUT2D eigenvalue weighted by atomic mass is 16.5. The number of piperidine rings is 1. The van der Waals surface area contributed by atoms with Gasteiger partial charge in [-0.05, 0) is 50.5 Å². The van der Waals surface area contributed by atoms with Crippen molar-refractivity contribution in [1.82, 2.24) is 15.3 Å². The minimum atomic E-state index is -0.162. The van der Waals surface area contributed by atoms with Gasteiger partial charge >= 0.3 is 0 Å². The number of benzene rings is 1. The van der Waals surface area contributed by atoms with Crippen LogP contribution in [0.4, 0.5) is 11.6 Å². The lowest BCUT2D eigenvalue weighted by Crippen LogP contribution is -2.44. The van der Waals surface area contributed by atoms with Crippen molar-refractivity contribution in [1.29, 1.82) is 0 Å². The number of aromatic amines is 1. The Morgan fingerprint density at radius 3 is 2.48 bits per heavy atom. The average molecular weight is 456 g/mol. The van der Waals surface area contributed by atoms with Gasteiger partial charge in [-0.3, -0.25) is 14.6 Å². The summed E-state index contributed by atoms with van der Waals surface area (Å²) < 4.78 is 10.6. The zero-order chi connectivity index (χ0) is 23.2. The van der Waals surface area contributed by atoms with Crippen LogP contribution in [0.15, 0.2) is 29.1 Å². The lowest BCUT2D eigenvalue weighted by molar-refractivity contribution is -0.121. The van der Waals surface area contributed by atoms with Crippen LogP contribution in [0.2, 0.25) is 0 Å². The molecule has 2 fully saturated rings. The van der Waals surface area contributed by atoms with Crippen molar-refractivity contribution in [3.05, 3.63) is 45.9 Å². The van der Waals surface area contributed by atoms with Crippen LogP contribution in [0.3, 0.4) is 0 Å². The first-order valence-electron chi connectivity index (χ1n) is 11.6. The van der Waals surface area contributed by atoms with E-state index in [2.05, 4.69) is 32.3 Å². The van der Waals surface area contributed by atoms with E-state index in [1.807, 2.05) is 24.0 Å². The number of hydrogen-bond acceptors (Lipinski definition) is 7. The number of nitrogens with zero attached hydrogens (tertiary/aromatic N) is 3. The molecule has 2 aliphatic rings. The smallest absolute Gasteiger partial charge is 0.255 e. The minimum absolute atomic E-state index is 0.0195. The third-order valence-corrected chi connectivity index (χ3v) is 6.42. The van der Waals surface area contributed by atoms with Crippen LogP contribution in [0.1, 0.15) is 30.5 Å². The maximum Gasteiger partial charge on any atom is 0.255 e. The molecule has 2 N–H and O–H groups in total. The van der Waals surface area contributed by atoms with E-state index in [0.717, 1.165) is 31.7 Å². The summed E-state index contributed by atoms with van der Waals surface area (Å²) in [5.74, 6) is 1.41. The summed E-state index contributed by atoms with van der Waals surface area (Å²) in [4.78, 5) is 37.0. The van der Waals surface area contributed by atoms with E-state index in [0.29, 0.717) is 49.9 Å². The fourth-order valence-corrected chi connectivity index (χ4v) is 4.43. The second-order valence-corrected chi connectivity index (χ2v) is 8.58. The summed E-state index contributed by atoms with van der Waals surface area (Å²) >= 11 is 0. The van der Waals surface area contributed by atoms with Gasteiger partial charge in [0.1, 0.15) is 5.75 Å². The van der Waals surface area contributed by atoms with Crippen molar-refractivity contribution >= 4 is 17.5 Å². The number of aryl methyl sites for hydroxylation is 1. The summed E-state index contributed by atoms with van der Waals surface area (Å²) in [6, 6.07) is 8.23. The number of hydrogen-bond donors (Lipinski definition) is 2. The van der Waals surface area contributed by atoms with Crippen molar-refractivity contribution < 1.29 is 14.3 Å². The molecule has 178 valence electrons. The predicted molar refractivity (Wildman–Crippen MR) is 127 cm³/mol. The fraction of sp³-hybridized carbons (Fsp3) is 0.542. The van der Waals surface area contributed by atoms with Crippen LogP contribution in [0.25, 0.3) is 0 Å². The molecule has 2 saturated heterocycles. The molecule has 1 aromatic carbocycles. The zero-order valence-electron chi connectivity index (χ0n) is 19.4. The molecule has 2 aliphatic heterocycles. The number of ether oxygens (including phenoxy) is 2. The van der Waals surface area contributed by atoms with Crippen LogP contribution in [0, 0.1) is 6.92 Å². The normalized spacial score (nSPS) is 17.2. The first-order valence-corrected chi connectivity index (χ1v) is 11.6. The quantitative estimate of drug-likeness (QED) is 0.655. The van der Waals surface area contributed by atoms with Gasteiger partial charge in [-0.2, -0.15) is 0 Å². The number of rotatable bonds is 7. The van der Waals surface area contributed by atoms with Crippen molar-refractivity contribution in [3.63, 3.8) is 0 Å². The number of amides is 1. The van der Waals surface area contributed by atoms with Gasteiger partial charge in [0.25, 0.3) is 5.56 Å². The lowest BCUT2D eigenvalue weighted by Gasteiger charge is -2.34. The van der Waals surface area contributed by atoms with Gasteiger partial charge in [-0.15, -0.1) is 0 Å². The van der Waals surface area contributed by atoms with Gasteiger partial charge in [-0.1, -0.05) is 0 Å². The molecular weight excluding hydrogens is 422 g/mol. The number of methoxy groups -OCH3 is 1. The fourth-order valence-electron chi connectivity index (χ4n) is 4.43. The van der Waals surface area contributed by atoms with Crippen LogP contribution in [-0.4, -0.2) is 68.4 Å². The zero-order valence-corrected chi connectivity index (χ0v) is 19.4. The lowest BCUT2D eigenvalue weighted by atomic mass is 10.0. The van der Waals surface area contributed by atoms with E-state index < -0.39 is 0 Å². The molecule has 0 spiro atoms. The number of aromatic nitrogens is 2. The van der Waals surface area contributed by atoms with Gasteiger partial charge in [0.15, 0.2) is 0 Å². The topological polar surface area (TPSA) is 99.8 Å². The van der Waals surface area contributed by atoms with E-state index in [1.54, 1.807) is 7.11 Å². The molecule has 3 heterocycles. The van der Waals surface area contributed by atoms with Crippen molar-refractivity contribution in [3.8, 4) is 5.75 Å². The Bertz CT molecular complexity index is 993. The van der Waals surface area contributed by atoms with E-state index >= 15 is 0 Å². The summed E-state index contributed by atoms with van der Waals surface area (Å²) in [5, 5.41) is 3.14. The molecule has 2 aromatic rings. The Labute approximate surface area is 194 Å². The molecule has 9 heteroatoms. The Kier molecular flexibility index (Phi) is 7.49. The summed E-state index contributed by atoms with van der Waals surface area (Å²) in [5.41, 5.74) is 2.27. The van der Waals surface area contributed by atoms with Crippen LogP contribution < -0.4 is 25.4 Å². The van der Waals surface area contributed by atoms with Crippen LogP contribution in [0.5, 0.6) is 5.75 Å². The number of carbonyl (C=O) groups is 1. The van der Waals surface area contributed by atoms with Crippen LogP contribution >= 0.6 is 0 Å². The van der Waals surface area contributed by atoms with Gasteiger partial charge in [0.05, 0.1) is 20.3 Å². The van der Waals surface area contributed by atoms with E-state index in [-0.39, 0.29) is 23.9 Å². The Morgan fingerprint density at radius 1 is 1.15 bits per heavy atom. The second-order valence-electron chi connectivity index (χ2n) is 8.58. The summed E-state index contributed by atoms with van der Waals surface area (Å²) in [6.45, 7) is 6.30. The number of carbonyl (C=O) groups excluding carboxylic acids is 1. The maximum absolute atomic E-state index is 12.6. The highest BCUT2D eigenvalue weighted by Gasteiger charge is 2.22. The number of nitrogens with one attached hydrogen (secondary N) is 2. The predicted octanol–water partition coefficient (Wildman–Crippen LogP) is 1.64. The van der Waals surface area contributed by atoms with Crippen molar-refractivity contribution in [2.75, 3.05) is 56.3 Å². The third-order valence-electron chi connectivity index (χ3n) is 6.42. The highest BCUT2D eigenvalue weighted by Crippen LogP contribution is 2.23. The largest absolute Gasteiger partial charge is 0.497 e. The average Bonchev–Trinajstić information content (AvgIpc) is 2.84. The minimum Gasteiger partial charge on any atom is -0.497 e. The maximum atomic E-state index is 12.6. The molecule has 1 aromatic heterocycles. The third kappa shape index (κ3) is 5.84. The first-order chi connectivity index (χ1) is 16.0. The molecule has 0 aliphatic carbocycles. The molecule has 0 atom stereocenters. The Balaban J connectivity index is 1.25. The molecular formula is C24H33N5O4. The standard InChI is InChI=1S/C24H33N5O4/c1-17-21(23(31)27-24(25-17)29-13-15-33-16-14-29)7-8-22(30)26-18-9-11-28(12-10-18)19-3-5-20(32-2)6-4-19/h3-6,18H,7-16H2,1-2H3,(H,26,30)(H,25,27,31). The molecule has 0 saturated carbocycles. The van der Waals surface area contributed by atoms with Gasteiger partial charge < -0.3 is 24.6 Å². The monoisotopic (exact) mass is 455 g/mol. The molecule has 0 unspecified atom stereocenters. The Hall–Kier alpha value is -3.07. The molecule has 4 rings (SSSR count). The highest BCUT2D eigenvalue weighted by molar-refractivity contribution is 5.76. The van der Waals surface area contributed by atoms with Gasteiger partial charge in [0.2, 0.25) is 11.9 Å². The summed E-state index contributed by atoms with van der Waals surface area (Å²) in [6.07, 6.45) is 2.45. The van der Waals surface area contributed by atoms with E-state index in [1.165, 1.54) is 5.69 Å². The molecule has 33 heavy (non-hydrogen) atoms. The number of H-pyrrole nitrogens is 1. The first kappa shape index (κ1) is 23.1. The van der Waals surface area contributed by atoms with E-state index in [4.69, 9.17) is 9.47 Å². The van der Waals surface area contributed by atoms with Crippen LogP contribution in [-0.2, 0) is 16.0 Å². The number of morpholine rings is 1. The second kappa shape index (κ2) is 10.7. The van der Waals surface area contributed by atoms with Crippen molar-refractivity contribution in [2.24, 2.45) is 0 Å². The van der Waals surface area contributed by atoms with Gasteiger partial charge in [0, 0.05) is 55.6 Å². The molecule has 9 nitrogen and oxygen atoms in total. The molecule has 0 bridgehead atoms. The molecule has 0 radical (unpaired) electrons. The molecule has 1 amide bonds. The summed E-state index contributed by atoms with van der Waals surface area (Å²) in [7, 11) is 1.66. The number of anilines is 2. The SMILES string of the molecule is COc1ccc(N2CCC(NC(=O)CCc3c(C)nc(N4CCOCC4)[nH]c3=O)CC2)cc1.